The number of halogens is 1. The van der Waals surface area contributed by atoms with E-state index in [-0.39, 0.29) is 0 Å². The molecule has 1 saturated heterocycles. The Kier molecular flexibility index (Phi) is 2.32. The molecule has 0 aromatic carbocycles. The molecule has 2 nitrogen and oxygen atoms in total. The molecule has 1 aliphatic rings. The largest absolute Gasteiger partial charge is 0.285 e. The van der Waals surface area contributed by atoms with Crippen LogP contribution in [-0.2, 0) is 4.79 Å². The van der Waals surface area contributed by atoms with Crippen molar-refractivity contribution in [1.82, 2.24) is 3.11 Å². The molecule has 0 aliphatic carbocycles. The molecule has 0 radical (unpaired) electrons. The monoisotopic (exact) mass is 239 g/mol. The second kappa shape index (κ2) is 2.86. The minimum absolute atomic E-state index is 0.318. The van der Waals surface area contributed by atoms with Crippen LogP contribution in [0.3, 0.4) is 0 Å². The highest BCUT2D eigenvalue weighted by Crippen LogP contribution is 2.23. The molecular weight excluding hydrogens is 229 g/mol. The maximum atomic E-state index is 11.1. The Labute approximate surface area is 69.1 Å². The van der Waals surface area contributed by atoms with Crippen molar-refractivity contribution in [2.45, 2.75) is 19.8 Å². The fourth-order valence-corrected chi connectivity index (χ4v) is 1.75. The molecule has 0 saturated carbocycles. The Hall–Kier alpha value is 0.200. The number of nitrogens with zero attached hydrogens (tertiary/aromatic N) is 1. The third-order valence-corrected chi connectivity index (χ3v) is 2.71. The number of hydrogen-bond acceptors (Lipinski definition) is 1. The van der Waals surface area contributed by atoms with Gasteiger partial charge in [0.1, 0.15) is 0 Å². The van der Waals surface area contributed by atoms with Gasteiger partial charge in [0.15, 0.2) is 0 Å². The summed E-state index contributed by atoms with van der Waals surface area (Å²) in [4.78, 5) is 11.1. The highest BCUT2D eigenvalue weighted by molar-refractivity contribution is 14.1. The second-order valence-corrected chi connectivity index (χ2v) is 3.48. The first kappa shape index (κ1) is 7.31. The van der Waals surface area contributed by atoms with Gasteiger partial charge in [-0.2, -0.15) is 0 Å². The van der Waals surface area contributed by atoms with E-state index in [1.54, 1.807) is 3.11 Å². The number of rotatable bonds is 1. The molecule has 1 heterocycles. The van der Waals surface area contributed by atoms with Crippen LogP contribution in [0, 0.1) is 5.92 Å². The summed E-state index contributed by atoms with van der Waals surface area (Å²) in [5.74, 6) is 0.639. The summed E-state index contributed by atoms with van der Waals surface area (Å²) in [6.45, 7) is 3.01. The molecule has 0 aromatic rings. The SMILES string of the molecule is CCC1CCN(I)C1=O. The smallest absolute Gasteiger partial charge is 0.234 e. The molecule has 0 aromatic heterocycles. The van der Waals surface area contributed by atoms with E-state index >= 15 is 0 Å². The van der Waals surface area contributed by atoms with E-state index in [1.807, 2.05) is 0 Å². The van der Waals surface area contributed by atoms with Gasteiger partial charge < -0.3 is 0 Å². The van der Waals surface area contributed by atoms with Crippen LogP contribution in [0.1, 0.15) is 19.8 Å². The van der Waals surface area contributed by atoms with Gasteiger partial charge in [0.25, 0.3) is 0 Å². The summed E-state index contributed by atoms with van der Waals surface area (Å²) in [6.07, 6.45) is 2.05. The molecule has 0 N–H and O–H groups in total. The molecule has 1 aliphatic heterocycles. The van der Waals surface area contributed by atoms with Gasteiger partial charge in [0, 0.05) is 12.5 Å². The van der Waals surface area contributed by atoms with Crippen LogP contribution in [0.5, 0.6) is 0 Å². The van der Waals surface area contributed by atoms with Gasteiger partial charge in [-0.15, -0.1) is 0 Å². The lowest BCUT2D eigenvalue weighted by molar-refractivity contribution is -0.125. The molecule has 1 rings (SSSR count). The van der Waals surface area contributed by atoms with E-state index in [0.29, 0.717) is 11.8 Å². The van der Waals surface area contributed by atoms with Crippen LogP contribution < -0.4 is 0 Å². The average Bonchev–Trinajstić information content (AvgIpc) is 2.15. The van der Waals surface area contributed by atoms with E-state index in [9.17, 15) is 4.79 Å². The Morgan fingerprint density at radius 1 is 1.89 bits per heavy atom. The lowest BCUT2D eigenvalue weighted by atomic mass is 10.1. The quantitative estimate of drug-likeness (QED) is 0.502. The van der Waals surface area contributed by atoms with E-state index < -0.39 is 0 Å². The van der Waals surface area contributed by atoms with Crippen molar-refractivity contribution < 1.29 is 4.79 Å². The van der Waals surface area contributed by atoms with Crippen LogP contribution in [0.25, 0.3) is 0 Å². The lowest BCUT2D eigenvalue weighted by Crippen LogP contribution is -2.16. The van der Waals surface area contributed by atoms with Crippen molar-refractivity contribution in [3.63, 3.8) is 0 Å². The molecule has 9 heavy (non-hydrogen) atoms. The first-order chi connectivity index (χ1) is 4.25. The number of carbonyl (C=O) groups excluding carboxylic acids is 1. The van der Waals surface area contributed by atoms with E-state index in [4.69, 9.17) is 0 Å². The van der Waals surface area contributed by atoms with Gasteiger partial charge in [0.2, 0.25) is 5.91 Å². The lowest BCUT2D eigenvalue weighted by Gasteiger charge is -2.04. The van der Waals surface area contributed by atoms with Crippen molar-refractivity contribution >= 4 is 28.8 Å². The maximum absolute atomic E-state index is 11.1. The predicted octanol–water partition coefficient (Wildman–Crippen LogP) is 1.59. The molecule has 0 spiro atoms. The summed E-state index contributed by atoms with van der Waals surface area (Å²) in [7, 11) is 0. The number of carbonyl (C=O) groups is 1. The zero-order chi connectivity index (χ0) is 6.85. The van der Waals surface area contributed by atoms with Crippen molar-refractivity contribution in [1.29, 1.82) is 0 Å². The number of hydrogen-bond donors (Lipinski definition) is 0. The molecule has 1 atom stereocenters. The molecule has 3 heteroatoms. The number of amides is 1. The minimum Gasteiger partial charge on any atom is -0.285 e. The van der Waals surface area contributed by atoms with Crippen LogP contribution >= 0.6 is 22.9 Å². The highest BCUT2D eigenvalue weighted by atomic mass is 127. The van der Waals surface area contributed by atoms with Gasteiger partial charge in [-0.25, -0.2) is 0 Å². The van der Waals surface area contributed by atoms with Crippen LogP contribution in [0.15, 0.2) is 0 Å². The second-order valence-electron chi connectivity index (χ2n) is 2.32. The maximum Gasteiger partial charge on any atom is 0.234 e. The first-order valence-electron chi connectivity index (χ1n) is 3.23. The summed E-state index contributed by atoms with van der Waals surface area (Å²) in [6, 6.07) is 0. The summed E-state index contributed by atoms with van der Waals surface area (Å²) >= 11 is 2.08. The Morgan fingerprint density at radius 3 is 2.78 bits per heavy atom. The summed E-state index contributed by atoms with van der Waals surface area (Å²) in [5, 5.41) is 0. The van der Waals surface area contributed by atoms with Gasteiger partial charge in [-0.3, -0.25) is 7.91 Å². The molecule has 1 fully saturated rings. The zero-order valence-corrected chi connectivity index (χ0v) is 7.59. The summed E-state index contributed by atoms with van der Waals surface area (Å²) in [5.41, 5.74) is 0. The van der Waals surface area contributed by atoms with Gasteiger partial charge in [-0.1, -0.05) is 6.92 Å². The fourth-order valence-electron chi connectivity index (χ4n) is 1.08. The fraction of sp³-hybridized carbons (Fsp3) is 0.833. The van der Waals surface area contributed by atoms with E-state index in [2.05, 4.69) is 29.8 Å². The van der Waals surface area contributed by atoms with E-state index in [1.165, 1.54) is 0 Å². The van der Waals surface area contributed by atoms with Gasteiger partial charge in [0.05, 0.1) is 22.9 Å². The third kappa shape index (κ3) is 1.36. The van der Waals surface area contributed by atoms with Crippen molar-refractivity contribution in [2.24, 2.45) is 5.92 Å². The van der Waals surface area contributed by atoms with Gasteiger partial charge >= 0.3 is 0 Å². The Morgan fingerprint density at radius 2 is 2.56 bits per heavy atom. The normalized spacial score (nSPS) is 27.6. The summed E-state index contributed by atoms with van der Waals surface area (Å²) < 4.78 is 1.78. The first-order valence-corrected chi connectivity index (χ1v) is 4.19. The van der Waals surface area contributed by atoms with Crippen molar-refractivity contribution in [3.05, 3.63) is 0 Å². The van der Waals surface area contributed by atoms with Crippen LogP contribution in [-0.4, -0.2) is 15.6 Å². The topological polar surface area (TPSA) is 20.3 Å². The third-order valence-electron chi connectivity index (χ3n) is 1.76. The Bertz CT molecular complexity index is 126. The average molecular weight is 239 g/mol. The highest BCUT2D eigenvalue weighted by Gasteiger charge is 2.27. The molecule has 52 valence electrons. The van der Waals surface area contributed by atoms with Crippen molar-refractivity contribution in [2.75, 3.05) is 6.54 Å². The van der Waals surface area contributed by atoms with Gasteiger partial charge in [-0.05, 0) is 12.8 Å². The minimum atomic E-state index is 0.318. The molecule has 1 amide bonds. The molecule has 0 bridgehead atoms. The van der Waals surface area contributed by atoms with Crippen molar-refractivity contribution in [3.8, 4) is 0 Å². The standard InChI is InChI=1S/C6H10INO/c1-2-5-3-4-8(7)6(5)9/h5H,2-4H2,1H3. The molecular formula is C6H10INO. The Balaban J connectivity index is 2.51. The molecule has 1 unspecified atom stereocenters. The predicted molar refractivity (Wildman–Crippen MR) is 44.1 cm³/mol. The van der Waals surface area contributed by atoms with Crippen LogP contribution in [0.2, 0.25) is 0 Å². The van der Waals surface area contributed by atoms with E-state index in [0.717, 1.165) is 19.4 Å². The zero-order valence-electron chi connectivity index (χ0n) is 5.43. The van der Waals surface area contributed by atoms with Crippen LogP contribution in [0.4, 0.5) is 0 Å².